The van der Waals surface area contributed by atoms with Crippen molar-refractivity contribution in [1.82, 2.24) is 4.90 Å². The lowest BCUT2D eigenvalue weighted by atomic mass is 9.62. The molecular formula is C27H36N2O6. The van der Waals surface area contributed by atoms with Crippen molar-refractivity contribution < 1.29 is 29.3 Å². The lowest BCUT2D eigenvalue weighted by Crippen LogP contribution is -2.57. The molecule has 1 aromatic carbocycles. The van der Waals surface area contributed by atoms with Crippen LogP contribution in [-0.2, 0) is 19.1 Å². The Morgan fingerprint density at radius 1 is 1.31 bits per heavy atom. The van der Waals surface area contributed by atoms with Crippen LogP contribution in [0.3, 0.4) is 0 Å². The van der Waals surface area contributed by atoms with E-state index < -0.39 is 35.0 Å². The summed E-state index contributed by atoms with van der Waals surface area (Å²) in [5, 5.41) is 19.5. The highest BCUT2D eigenvalue weighted by atomic mass is 16.5. The highest BCUT2D eigenvalue weighted by molar-refractivity contribution is 6.05. The monoisotopic (exact) mass is 484 g/mol. The number of aliphatic carboxylic acids is 1. The van der Waals surface area contributed by atoms with Gasteiger partial charge in [0.25, 0.3) is 5.91 Å². The normalized spacial score (nSPS) is 33.2. The van der Waals surface area contributed by atoms with Crippen molar-refractivity contribution in [1.29, 1.82) is 0 Å². The number of benzene rings is 1. The molecule has 3 aliphatic heterocycles. The predicted octanol–water partition coefficient (Wildman–Crippen LogP) is 2.69. The Hall–Kier alpha value is -2.71. The van der Waals surface area contributed by atoms with Gasteiger partial charge in [-0.3, -0.25) is 14.4 Å². The number of anilines is 1. The Labute approximate surface area is 206 Å². The second-order valence-corrected chi connectivity index (χ2v) is 10.5. The topological polar surface area (TPSA) is 107 Å². The van der Waals surface area contributed by atoms with Crippen molar-refractivity contribution in [3.05, 3.63) is 42.0 Å². The van der Waals surface area contributed by atoms with Gasteiger partial charge in [-0.15, -0.1) is 6.58 Å². The molecule has 2 bridgehead atoms. The minimum Gasteiger partial charge on any atom is -0.481 e. The summed E-state index contributed by atoms with van der Waals surface area (Å²) in [7, 11) is 0. The SMILES string of the molecule is C=CCN(C(=O)C1N(CCCCO)C(=O)[C@@H]2[C@H](C(=O)O)[C@@]3(C)OC12CC3C)c1cc(C)ccc1C. The summed E-state index contributed by atoms with van der Waals surface area (Å²) < 4.78 is 6.55. The fraction of sp³-hybridized carbons (Fsp3) is 0.593. The Morgan fingerprint density at radius 3 is 2.66 bits per heavy atom. The van der Waals surface area contributed by atoms with Crippen LogP contribution in [0.15, 0.2) is 30.9 Å². The molecule has 4 rings (SSSR count). The number of aryl methyl sites for hydroxylation is 2. The summed E-state index contributed by atoms with van der Waals surface area (Å²) in [5.74, 6) is -3.78. The first-order valence-corrected chi connectivity index (χ1v) is 12.4. The van der Waals surface area contributed by atoms with Gasteiger partial charge < -0.3 is 24.7 Å². The van der Waals surface area contributed by atoms with Crippen LogP contribution >= 0.6 is 0 Å². The molecule has 35 heavy (non-hydrogen) atoms. The van der Waals surface area contributed by atoms with Gasteiger partial charge in [0.1, 0.15) is 17.6 Å². The van der Waals surface area contributed by atoms with Crippen LogP contribution in [0.5, 0.6) is 0 Å². The number of ether oxygens (including phenoxy) is 1. The fourth-order valence-corrected chi connectivity index (χ4v) is 6.62. The number of amides is 2. The Bertz CT molecular complexity index is 1060. The van der Waals surface area contributed by atoms with Crippen LogP contribution < -0.4 is 4.90 Å². The van der Waals surface area contributed by atoms with Crippen LogP contribution in [0.2, 0.25) is 0 Å². The zero-order valence-electron chi connectivity index (χ0n) is 21.0. The van der Waals surface area contributed by atoms with Gasteiger partial charge in [0, 0.05) is 25.4 Å². The molecule has 0 aromatic heterocycles. The number of unbranched alkanes of at least 4 members (excludes halogenated alkanes) is 1. The highest BCUT2D eigenvalue weighted by Gasteiger charge is 2.80. The molecule has 8 heteroatoms. The number of fused-ring (bicyclic) bond motifs is 1. The van der Waals surface area contributed by atoms with Crippen molar-refractivity contribution in [2.75, 3.05) is 24.6 Å². The number of aliphatic hydroxyl groups is 1. The van der Waals surface area contributed by atoms with Gasteiger partial charge in [-0.1, -0.05) is 25.1 Å². The van der Waals surface area contributed by atoms with E-state index in [0.29, 0.717) is 19.3 Å². The maximum Gasteiger partial charge on any atom is 0.310 e. The van der Waals surface area contributed by atoms with Crippen LogP contribution in [0, 0.1) is 31.6 Å². The molecule has 3 unspecified atom stereocenters. The summed E-state index contributed by atoms with van der Waals surface area (Å²) in [4.78, 5) is 43.8. The average molecular weight is 485 g/mol. The number of carbonyl (C=O) groups excluding carboxylic acids is 2. The molecule has 190 valence electrons. The maximum absolute atomic E-state index is 14.4. The second-order valence-electron chi connectivity index (χ2n) is 10.5. The number of nitrogens with zero attached hydrogens (tertiary/aromatic N) is 2. The van der Waals surface area contributed by atoms with Crippen molar-refractivity contribution >= 4 is 23.5 Å². The minimum atomic E-state index is -1.21. The zero-order chi connectivity index (χ0) is 25.7. The van der Waals surface area contributed by atoms with Gasteiger partial charge >= 0.3 is 5.97 Å². The summed E-state index contributed by atoms with van der Waals surface area (Å²) in [6.45, 7) is 11.9. The van der Waals surface area contributed by atoms with E-state index in [-0.39, 0.29) is 37.4 Å². The molecule has 2 N–H and O–H groups in total. The molecule has 0 saturated carbocycles. The molecule has 1 aromatic rings. The van der Waals surface area contributed by atoms with Crippen LogP contribution in [0.4, 0.5) is 5.69 Å². The number of likely N-dealkylation sites (tertiary alicyclic amines) is 1. The van der Waals surface area contributed by atoms with E-state index in [2.05, 4.69) is 6.58 Å². The van der Waals surface area contributed by atoms with E-state index in [0.717, 1.165) is 16.8 Å². The van der Waals surface area contributed by atoms with Crippen molar-refractivity contribution in [3.63, 3.8) is 0 Å². The number of carboxylic acid groups (broad SMARTS) is 1. The summed E-state index contributed by atoms with van der Waals surface area (Å²) in [6, 6.07) is 4.92. The molecule has 1 spiro atoms. The standard InChI is InChI=1S/C27H36N2O6/c1-6-11-28(19-14-16(2)9-10-17(19)3)24(32)22-27-15-18(4)26(5,35-27)21(25(33)34)20(27)23(31)29(22)12-7-8-13-30/h6,9-10,14,18,20-22,30H,1,7-8,11-13,15H2,2-5H3,(H,33,34)/t18?,20-,21+,22?,26-,27?/m0/s1. The van der Waals surface area contributed by atoms with Crippen LogP contribution in [-0.4, -0.2) is 69.8 Å². The van der Waals surface area contributed by atoms with E-state index in [9.17, 15) is 24.6 Å². The van der Waals surface area contributed by atoms with Gasteiger partial charge in [-0.25, -0.2) is 0 Å². The third-order valence-corrected chi connectivity index (χ3v) is 8.35. The van der Waals surface area contributed by atoms with Crippen molar-refractivity contribution in [2.45, 2.75) is 64.2 Å². The van der Waals surface area contributed by atoms with E-state index in [1.807, 2.05) is 39.0 Å². The van der Waals surface area contributed by atoms with Crippen LogP contribution in [0.25, 0.3) is 0 Å². The number of aliphatic hydroxyl groups excluding tert-OH is 1. The van der Waals surface area contributed by atoms with Crippen molar-refractivity contribution in [3.8, 4) is 0 Å². The van der Waals surface area contributed by atoms with Gasteiger partial charge in [0.2, 0.25) is 5.91 Å². The average Bonchev–Trinajstić information content (AvgIpc) is 3.31. The number of hydrogen-bond donors (Lipinski definition) is 2. The van der Waals surface area contributed by atoms with Gasteiger partial charge in [-0.05, 0) is 63.1 Å². The first-order chi connectivity index (χ1) is 16.5. The predicted molar refractivity (Wildman–Crippen MR) is 131 cm³/mol. The van der Waals surface area contributed by atoms with E-state index in [4.69, 9.17) is 4.74 Å². The third kappa shape index (κ3) is 3.69. The smallest absolute Gasteiger partial charge is 0.310 e. The molecule has 2 amide bonds. The van der Waals surface area contributed by atoms with Crippen molar-refractivity contribution in [2.24, 2.45) is 17.8 Å². The minimum absolute atomic E-state index is 0.0242. The fourth-order valence-electron chi connectivity index (χ4n) is 6.62. The van der Waals surface area contributed by atoms with E-state index >= 15 is 0 Å². The lowest BCUT2D eigenvalue weighted by molar-refractivity contribution is -0.156. The largest absolute Gasteiger partial charge is 0.481 e. The molecule has 0 aliphatic carbocycles. The zero-order valence-corrected chi connectivity index (χ0v) is 21.0. The van der Waals surface area contributed by atoms with Gasteiger partial charge in [-0.2, -0.15) is 0 Å². The Morgan fingerprint density at radius 2 is 2.03 bits per heavy atom. The molecule has 3 heterocycles. The maximum atomic E-state index is 14.4. The first-order valence-electron chi connectivity index (χ1n) is 12.4. The summed E-state index contributed by atoms with van der Waals surface area (Å²) >= 11 is 0. The highest BCUT2D eigenvalue weighted by Crippen LogP contribution is 2.65. The summed E-state index contributed by atoms with van der Waals surface area (Å²) in [5.41, 5.74) is 0.415. The molecule has 3 fully saturated rings. The number of carbonyl (C=O) groups is 3. The molecular weight excluding hydrogens is 448 g/mol. The second kappa shape index (κ2) is 9.06. The van der Waals surface area contributed by atoms with E-state index in [1.165, 1.54) is 4.90 Å². The molecule has 8 nitrogen and oxygen atoms in total. The molecule has 3 saturated heterocycles. The third-order valence-electron chi connectivity index (χ3n) is 8.35. The quantitative estimate of drug-likeness (QED) is 0.412. The number of carboxylic acids is 1. The number of rotatable bonds is 9. The molecule has 3 aliphatic rings. The molecule has 6 atom stereocenters. The molecule has 0 radical (unpaired) electrons. The first kappa shape index (κ1) is 25.4. The Balaban J connectivity index is 1.84. The lowest BCUT2D eigenvalue weighted by Gasteiger charge is -2.37. The van der Waals surface area contributed by atoms with Gasteiger partial charge in [0.15, 0.2) is 0 Å². The van der Waals surface area contributed by atoms with E-state index in [1.54, 1.807) is 17.9 Å². The number of hydrogen-bond acceptors (Lipinski definition) is 5. The van der Waals surface area contributed by atoms with Gasteiger partial charge in [0.05, 0.1) is 11.5 Å². The summed E-state index contributed by atoms with van der Waals surface area (Å²) in [6.07, 6.45) is 3.07. The Kier molecular flexibility index (Phi) is 6.57. The van der Waals surface area contributed by atoms with Crippen LogP contribution in [0.1, 0.15) is 44.2 Å².